The van der Waals surface area contributed by atoms with Crippen LogP contribution in [0.25, 0.3) is 0 Å². The molecule has 0 aliphatic carbocycles. The van der Waals surface area contributed by atoms with Gasteiger partial charge in [0.1, 0.15) is 0 Å². The molecule has 0 nitrogen and oxygen atoms in total. The van der Waals surface area contributed by atoms with Crippen molar-refractivity contribution in [2.75, 3.05) is 0 Å². The lowest BCUT2D eigenvalue weighted by Gasteiger charge is -2.08. The van der Waals surface area contributed by atoms with Gasteiger partial charge in [0.05, 0.1) is 8.42 Å². The van der Waals surface area contributed by atoms with Crippen LogP contribution in [-0.4, -0.2) is 0 Å². The van der Waals surface area contributed by atoms with Gasteiger partial charge >= 0.3 is 0 Å². The minimum atomic E-state index is 1.14. The molecule has 0 fully saturated rings. The SMILES string of the molecule is c1cc2c(s1)SCc1ccsc1SC2. The number of hydrogen-bond acceptors (Lipinski definition) is 4. The summed E-state index contributed by atoms with van der Waals surface area (Å²) in [6.45, 7) is 0. The van der Waals surface area contributed by atoms with Crippen LogP contribution in [-0.2, 0) is 11.5 Å². The molecule has 1 aliphatic rings. The lowest BCUT2D eigenvalue weighted by molar-refractivity contribution is 1.30. The van der Waals surface area contributed by atoms with Crippen molar-refractivity contribution in [1.29, 1.82) is 0 Å². The fourth-order valence-corrected chi connectivity index (χ4v) is 5.99. The van der Waals surface area contributed by atoms with Crippen LogP contribution in [0.15, 0.2) is 31.3 Å². The number of rotatable bonds is 0. The molecule has 3 heterocycles. The Morgan fingerprint density at radius 3 is 1.79 bits per heavy atom. The van der Waals surface area contributed by atoms with Crippen LogP contribution in [0.5, 0.6) is 0 Å². The van der Waals surface area contributed by atoms with E-state index in [4.69, 9.17) is 0 Å². The topological polar surface area (TPSA) is 0 Å². The molecular formula is C10H8S4. The van der Waals surface area contributed by atoms with Gasteiger partial charge < -0.3 is 0 Å². The fourth-order valence-electron chi connectivity index (χ4n) is 1.40. The summed E-state index contributed by atoms with van der Waals surface area (Å²) in [5.74, 6) is 2.28. The molecule has 0 radical (unpaired) electrons. The predicted molar refractivity (Wildman–Crippen MR) is 67.8 cm³/mol. The van der Waals surface area contributed by atoms with Gasteiger partial charge in [0.2, 0.25) is 0 Å². The van der Waals surface area contributed by atoms with Gasteiger partial charge in [0, 0.05) is 11.5 Å². The van der Waals surface area contributed by atoms with Gasteiger partial charge in [-0.3, -0.25) is 0 Å². The lowest BCUT2D eigenvalue weighted by Crippen LogP contribution is -1.86. The van der Waals surface area contributed by atoms with Crippen molar-refractivity contribution in [3.63, 3.8) is 0 Å². The first-order valence-corrected chi connectivity index (χ1v) is 8.05. The standard InChI is InChI=1S/C10H8S4/c1-3-11-9-7(1)5-13-10-8(6-14-9)2-4-12-10/h1-4H,5-6H2. The molecule has 0 spiro atoms. The molecule has 72 valence electrons. The summed E-state index contributed by atoms with van der Waals surface area (Å²) in [6.07, 6.45) is 0. The third-order valence-corrected chi connectivity index (χ3v) is 6.87. The zero-order valence-electron chi connectivity index (χ0n) is 7.36. The minimum absolute atomic E-state index is 1.14. The predicted octanol–water partition coefficient (Wildman–Crippen LogP) is 4.71. The summed E-state index contributed by atoms with van der Waals surface area (Å²) in [6, 6.07) is 4.53. The first kappa shape index (κ1) is 9.33. The number of fused-ring (bicyclic) bond motifs is 2. The monoisotopic (exact) mass is 256 g/mol. The first-order chi connectivity index (χ1) is 6.93. The van der Waals surface area contributed by atoms with Crippen molar-refractivity contribution >= 4 is 46.2 Å². The molecule has 0 atom stereocenters. The van der Waals surface area contributed by atoms with Gasteiger partial charge in [-0.2, -0.15) is 0 Å². The minimum Gasteiger partial charge on any atom is -0.137 e. The Labute approximate surface area is 99.7 Å². The van der Waals surface area contributed by atoms with E-state index in [9.17, 15) is 0 Å². The Morgan fingerprint density at radius 1 is 0.786 bits per heavy atom. The van der Waals surface area contributed by atoms with Crippen molar-refractivity contribution < 1.29 is 0 Å². The van der Waals surface area contributed by atoms with E-state index in [0.717, 1.165) is 11.5 Å². The second kappa shape index (κ2) is 3.93. The molecule has 0 bridgehead atoms. The third kappa shape index (κ3) is 1.65. The Kier molecular flexibility index (Phi) is 2.62. The van der Waals surface area contributed by atoms with Crippen molar-refractivity contribution in [3.8, 4) is 0 Å². The quantitative estimate of drug-likeness (QED) is 0.669. The molecular weight excluding hydrogens is 248 g/mol. The Hall–Kier alpha value is 0.1000. The maximum atomic E-state index is 2.26. The van der Waals surface area contributed by atoms with E-state index in [1.807, 2.05) is 46.2 Å². The second-order valence-corrected chi connectivity index (χ2v) is 7.36. The Morgan fingerprint density at radius 2 is 1.29 bits per heavy atom. The molecule has 2 aromatic heterocycles. The molecule has 0 N–H and O–H groups in total. The lowest BCUT2D eigenvalue weighted by atomic mass is 10.4. The zero-order valence-corrected chi connectivity index (χ0v) is 10.6. The molecule has 2 aromatic rings. The van der Waals surface area contributed by atoms with E-state index in [2.05, 4.69) is 22.9 Å². The smallest absolute Gasteiger partial charge is 0.0642 e. The van der Waals surface area contributed by atoms with Crippen LogP contribution in [0.3, 0.4) is 0 Å². The summed E-state index contributed by atoms with van der Waals surface area (Å²) < 4.78 is 3.02. The Bertz CT molecular complexity index is 361. The average molecular weight is 256 g/mol. The van der Waals surface area contributed by atoms with E-state index in [-0.39, 0.29) is 0 Å². The number of thioether (sulfide) groups is 2. The third-order valence-electron chi connectivity index (χ3n) is 2.13. The largest absolute Gasteiger partial charge is 0.137 e. The van der Waals surface area contributed by atoms with Crippen molar-refractivity contribution in [2.45, 2.75) is 19.9 Å². The molecule has 4 heteroatoms. The van der Waals surface area contributed by atoms with Crippen LogP contribution in [0.4, 0.5) is 0 Å². The maximum Gasteiger partial charge on any atom is 0.0642 e. The molecule has 0 aromatic carbocycles. The van der Waals surface area contributed by atoms with Gasteiger partial charge in [-0.1, -0.05) is 0 Å². The molecule has 14 heavy (non-hydrogen) atoms. The average Bonchev–Trinajstić information content (AvgIpc) is 2.75. The van der Waals surface area contributed by atoms with Crippen molar-refractivity contribution in [1.82, 2.24) is 0 Å². The van der Waals surface area contributed by atoms with Crippen LogP contribution < -0.4 is 0 Å². The van der Waals surface area contributed by atoms with Gasteiger partial charge in [-0.15, -0.1) is 46.2 Å². The summed E-state index contributed by atoms with van der Waals surface area (Å²) in [7, 11) is 0. The maximum absolute atomic E-state index is 2.26. The first-order valence-electron chi connectivity index (χ1n) is 4.32. The van der Waals surface area contributed by atoms with Crippen molar-refractivity contribution in [3.05, 3.63) is 34.0 Å². The van der Waals surface area contributed by atoms with E-state index < -0.39 is 0 Å². The van der Waals surface area contributed by atoms with E-state index >= 15 is 0 Å². The zero-order chi connectivity index (χ0) is 9.38. The van der Waals surface area contributed by atoms with Gasteiger partial charge in [-0.25, -0.2) is 0 Å². The van der Waals surface area contributed by atoms with Crippen molar-refractivity contribution in [2.24, 2.45) is 0 Å². The summed E-state index contributed by atoms with van der Waals surface area (Å²) in [4.78, 5) is 0. The van der Waals surface area contributed by atoms with Crippen LogP contribution >= 0.6 is 46.2 Å². The van der Waals surface area contributed by atoms with Crippen LogP contribution in [0.1, 0.15) is 11.1 Å². The van der Waals surface area contributed by atoms with Gasteiger partial charge in [0.15, 0.2) is 0 Å². The molecule has 3 rings (SSSR count). The highest BCUT2D eigenvalue weighted by atomic mass is 32.2. The molecule has 0 unspecified atom stereocenters. The van der Waals surface area contributed by atoms with Crippen LogP contribution in [0.2, 0.25) is 0 Å². The second-order valence-electron chi connectivity index (χ2n) is 3.04. The molecule has 0 amide bonds. The van der Waals surface area contributed by atoms with E-state index in [1.54, 1.807) is 0 Å². The fraction of sp³-hybridized carbons (Fsp3) is 0.200. The molecule has 1 aliphatic heterocycles. The number of thiophene rings is 2. The summed E-state index contributed by atoms with van der Waals surface area (Å²) in [5.41, 5.74) is 3.04. The Balaban J connectivity index is 1.96. The summed E-state index contributed by atoms with van der Waals surface area (Å²) in [5, 5.41) is 4.41. The highest BCUT2D eigenvalue weighted by molar-refractivity contribution is 8.02. The van der Waals surface area contributed by atoms with Gasteiger partial charge in [-0.05, 0) is 34.0 Å². The highest BCUT2D eigenvalue weighted by Crippen LogP contribution is 2.42. The van der Waals surface area contributed by atoms with E-state index in [1.165, 1.54) is 19.5 Å². The number of hydrogen-bond donors (Lipinski definition) is 0. The normalized spacial score (nSPS) is 15.4. The molecule has 0 saturated carbocycles. The highest BCUT2D eigenvalue weighted by Gasteiger charge is 2.13. The van der Waals surface area contributed by atoms with Crippen LogP contribution in [0, 0.1) is 0 Å². The van der Waals surface area contributed by atoms with E-state index in [0.29, 0.717) is 0 Å². The summed E-state index contributed by atoms with van der Waals surface area (Å²) >= 11 is 7.73. The molecule has 0 saturated heterocycles. The van der Waals surface area contributed by atoms with Gasteiger partial charge in [0.25, 0.3) is 0 Å².